The maximum atomic E-state index is 13.5. The molecule has 0 aliphatic heterocycles. The van der Waals surface area contributed by atoms with E-state index in [1.807, 2.05) is 24.3 Å². The van der Waals surface area contributed by atoms with E-state index in [0.717, 1.165) is 16.8 Å². The summed E-state index contributed by atoms with van der Waals surface area (Å²) in [5.74, 6) is -2.00. The van der Waals surface area contributed by atoms with Gasteiger partial charge in [0.1, 0.15) is 11.6 Å². The molecular weight excluding hydrogens is 571 g/mol. The number of hydrogen-bond donors (Lipinski definition) is 2. The summed E-state index contributed by atoms with van der Waals surface area (Å²) in [5, 5.41) is 15.8. The summed E-state index contributed by atoms with van der Waals surface area (Å²) in [5.41, 5.74) is 2.82. The highest BCUT2D eigenvalue weighted by Crippen LogP contribution is 2.33. The van der Waals surface area contributed by atoms with Gasteiger partial charge in [-0.1, -0.05) is 46.3 Å². The van der Waals surface area contributed by atoms with Gasteiger partial charge in [-0.15, -0.1) is 0 Å². The summed E-state index contributed by atoms with van der Waals surface area (Å²) in [4.78, 5) is 25.1. The lowest BCUT2D eigenvalue weighted by Crippen LogP contribution is -2.18. The lowest BCUT2D eigenvalue weighted by atomic mass is 10.1. The van der Waals surface area contributed by atoms with E-state index in [9.17, 15) is 19.1 Å². The number of nitrogens with one attached hydrogen (secondary N) is 1. The number of amides is 1. The zero-order chi connectivity index (χ0) is 24.2. The molecule has 4 rings (SSSR count). The van der Waals surface area contributed by atoms with Crippen LogP contribution < -0.4 is 10.2 Å². The Morgan fingerprint density at radius 1 is 0.971 bits per heavy atom. The van der Waals surface area contributed by atoms with Crippen molar-refractivity contribution in [3.63, 3.8) is 0 Å². The van der Waals surface area contributed by atoms with Crippen molar-refractivity contribution in [1.82, 2.24) is 5.43 Å². The van der Waals surface area contributed by atoms with Gasteiger partial charge in [0.2, 0.25) is 0 Å². The fraction of sp³-hybridized carbons (Fsp3) is 0. The highest BCUT2D eigenvalue weighted by molar-refractivity contribution is 9.11. The van der Waals surface area contributed by atoms with Gasteiger partial charge in [-0.2, -0.15) is 5.10 Å². The molecule has 0 radical (unpaired) electrons. The number of ether oxygens (including phenoxy) is 1. The maximum absolute atomic E-state index is 13.5. The molecule has 0 bridgehead atoms. The first kappa shape index (κ1) is 23.6. The Balaban J connectivity index is 1.56. The fourth-order valence-electron chi connectivity index (χ4n) is 3.18. The Hall–Kier alpha value is -3.56. The largest absolute Gasteiger partial charge is 0.507 e. The van der Waals surface area contributed by atoms with E-state index in [4.69, 9.17) is 4.74 Å². The number of carbonyl (C=O) groups is 2. The molecule has 9 heteroatoms. The van der Waals surface area contributed by atoms with E-state index in [2.05, 4.69) is 42.4 Å². The van der Waals surface area contributed by atoms with Crippen molar-refractivity contribution in [3.8, 4) is 11.5 Å². The number of phenolic OH excluding ortho intramolecular Hbond substituents is 1. The molecule has 0 saturated carbocycles. The number of esters is 1. The average molecular weight is 586 g/mol. The molecule has 2 N–H and O–H groups in total. The van der Waals surface area contributed by atoms with Crippen LogP contribution >= 0.6 is 31.9 Å². The molecule has 0 unspecified atom stereocenters. The number of carbonyl (C=O) groups excluding carboxylic acids is 2. The van der Waals surface area contributed by atoms with Gasteiger partial charge in [0.25, 0.3) is 5.91 Å². The molecule has 1 amide bonds. The van der Waals surface area contributed by atoms with Crippen molar-refractivity contribution in [3.05, 3.63) is 104 Å². The number of phenols is 1. The number of fused-ring (bicyclic) bond motifs is 1. The topological polar surface area (TPSA) is 88.0 Å². The van der Waals surface area contributed by atoms with Crippen molar-refractivity contribution in [2.45, 2.75) is 0 Å². The molecule has 34 heavy (non-hydrogen) atoms. The average Bonchev–Trinajstić information content (AvgIpc) is 2.80. The van der Waals surface area contributed by atoms with E-state index >= 15 is 0 Å². The summed E-state index contributed by atoms with van der Waals surface area (Å²) in [6, 6.07) is 18.8. The van der Waals surface area contributed by atoms with Crippen LogP contribution in [0.5, 0.6) is 11.5 Å². The minimum Gasteiger partial charge on any atom is -0.507 e. The van der Waals surface area contributed by atoms with Crippen LogP contribution in [0.25, 0.3) is 10.8 Å². The number of nitrogens with zero attached hydrogens (tertiary/aromatic N) is 1. The van der Waals surface area contributed by atoms with Crippen LogP contribution in [0.2, 0.25) is 0 Å². The van der Waals surface area contributed by atoms with Crippen molar-refractivity contribution in [2.24, 2.45) is 5.10 Å². The number of hydrogen-bond acceptors (Lipinski definition) is 5. The minimum absolute atomic E-state index is 0.0396. The molecule has 4 aromatic rings. The summed E-state index contributed by atoms with van der Waals surface area (Å²) < 4.78 is 20.0. The van der Waals surface area contributed by atoms with Gasteiger partial charge in [0.15, 0.2) is 5.75 Å². The first-order valence-electron chi connectivity index (χ1n) is 9.84. The third-order valence-electron chi connectivity index (χ3n) is 4.77. The highest BCUT2D eigenvalue weighted by atomic mass is 79.9. The molecule has 0 atom stereocenters. The van der Waals surface area contributed by atoms with Crippen LogP contribution in [-0.4, -0.2) is 23.2 Å². The van der Waals surface area contributed by atoms with Gasteiger partial charge in [0, 0.05) is 10.0 Å². The summed E-state index contributed by atoms with van der Waals surface area (Å²) in [7, 11) is 0. The van der Waals surface area contributed by atoms with Crippen molar-refractivity contribution in [1.29, 1.82) is 0 Å². The van der Waals surface area contributed by atoms with Crippen LogP contribution in [0.15, 0.2) is 86.8 Å². The summed E-state index contributed by atoms with van der Waals surface area (Å²) in [6.45, 7) is 0. The van der Waals surface area contributed by atoms with Crippen LogP contribution in [0.4, 0.5) is 4.39 Å². The van der Waals surface area contributed by atoms with Crippen LogP contribution in [0.1, 0.15) is 26.3 Å². The van der Waals surface area contributed by atoms with E-state index in [0.29, 0.717) is 14.5 Å². The third-order valence-corrected chi connectivity index (χ3v) is 5.82. The second kappa shape index (κ2) is 10.1. The van der Waals surface area contributed by atoms with E-state index in [-0.39, 0.29) is 22.6 Å². The molecule has 0 aliphatic rings. The Labute approximate surface area is 210 Å². The van der Waals surface area contributed by atoms with Crippen molar-refractivity contribution >= 4 is 60.7 Å². The first-order chi connectivity index (χ1) is 16.3. The Bertz CT molecular complexity index is 1460. The number of aromatic hydroxyl groups is 1. The first-order valence-corrected chi connectivity index (χ1v) is 11.4. The molecule has 0 fully saturated rings. The van der Waals surface area contributed by atoms with Gasteiger partial charge in [0.05, 0.1) is 21.8 Å². The van der Waals surface area contributed by atoms with Gasteiger partial charge in [-0.05, 0) is 69.2 Å². The predicted molar refractivity (Wildman–Crippen MR) is 134 cm³/mol. The van der Waals surface area contributed by atoms with Crippen LogP contribution in [0.3, 0.4) is 0 Å². The molecule has 0 saturated heterocycles. The predicted octanol–water partition coefficient (Wildman–Crippen LogP) is 6.19. The molecule has 0 spiro atoms. The van der Waals surface area contributed by atoms with Gasteiger partial charge < -0.3 is 9.84 Å². The number of halogens is 3. The van der Waals surface area contributed by atoms with E-state index in [1.54, 1.807) is 18.2 Å². The Kier molecular flexibility index (Phi) is 7.04. The lowest BCUT2D eigenvalue weighted by Gasteiger charge is -2.11. The van der Waals surface area contributed by atoms with Gasteiger partial charge >= 0.3 is 5.97 Å². The molecule has 170 valence electrons. The molecular formula is C25H15Br2FN2O4. The molecule has 6 nitrogen and oxygen atoms in total. The third kappa shape index (κ3) is 5.32. The minimum atomic E-state index is -0.762. The monoisotopic (exact) mass is 584 g/mol. The second-order valence-corrected chi connectivity index (χ2v) is 8.89. The lowest BCUT2D eigenvalue weighted by molar-refractivity contribution is 0.0732. The molecule has 0 aliphatic carbocycles. The van der Waals surface area contributed by atoms with Gasteiger partial charge in [-0.3, -0.25) is 4.79 Å². The fourth-order valence-corrected chi connectivity index (χ4v) is 4.52. The van der Waals surface area contributed by atoms with E-state index in [1.165, 1.54) is 30.5 Å². The molecule has 0 aromatic heterocycles. The highest BCUT2D eigenvalue weighted by Gasteiger charge is 2.16. The van der Waals surface area contributed by atoms with E-state index < -0.39 is 17.7 Å². The number of rotatable bonds is 5. The van der Waals surface area contributed by atoms with Crippen LogP contribution in [0, 0.1) is 5.82 Å². The number of benzene rings is 4. The molecule has 0 heterocycles. The van der Waals surface area contributed by atoms with Crippen LogP contribution in [-0.2, 0) is 0 Å². The van der Waals surface area contributed by atoms with Crippen molar-refractivity contribution in [2.75, 3.05) is 0 Å². The molecule has 4 aromatic carbocycles. The van der Waals surface area contributed by atoms with Crippen molar-refractivity contribution < 1.29 is 23.8 Å². The Morgan fingerprint density at radius 2 is 1.71 bits per heavy atom. The summed E-state index contributed by atoms with van der Waals surface area (Å²) >= 11 is 6.70. The van der Waals surface area contributed by atoms with Gasteiger partial charge in [-0.25, -0.2) is 14.6 Å². The summed E-state index contributed by atoms with van der Waals surface area (Å²) in [6.07, 6.45) is 1.29. The second-order valence-electron chi connectivity index (χ2n) is 7.12. The normalized spacial score (nSPS) is 11.0. The zero-order valence-electron chi connectivity index (χ0n) is 17.3. The maximum Gasteiger partial charge on any atom is 0.343 e. The number of hydrazone groups is 1. The SMILES string of the molecule is O=C(Oc1c(Br)cc(Br)cc1/C=N/NC(=O)c1cc2ccccc2cc1O)c1cccc(F)c1. The zero-order valence-corrected chi connectivity index (χ0v) is 20.4. The Morgan fingerprint density at radius 3 is 2.44 bits per heavy atom. The smallest absolute Gasteiger partial charge is 0.343 e. The quantitative estimate of drug-likeness (QED) is 0.126. The standard InChI is InChI=1S/C25H15Br2FN2O4/c26-18-8-17(23(21(27)12-18)34-25(33)16-6-3-7-19(28)9-16)13-29-30-24(32)20-10-14-4-1-2-5-15(14)11-22(20)31/h1-13,31H,(H,30,32)/b29-13+.